The van der Waals surface area contributed by atoms with Gasteiger partial charge in [0.25, 0.3) is 11.8 Å². The SMILES string of the molecule is Cc1cccc(NC(=O)c2cccc(NC(=O)C(C)Oc3ccc(-c4ccccc4)cc3)c2)c1. The van der Waals surface area contributed by atoms with Crippen LogP contribution in [0.2, 0.25) is 0 Å². The van der Waals surface area contributed by atoms with Gasteiger partial charge in [-0.25, -0.2) is 0 Å². The number of hydrogen-bond acceptors (Lipinski definition) is 3. The molecule has 1 atom stereocenters. The van der Waals surface area contributed by atoms with Crippen LogP contribution in [0.25, 0.3) is 11.1 Å². The van der Waals surface area contributed by atoms with E-state index in [-0.39, 0.29) is 11.8 Å². The van der Waals surface area contributed by atoms with Crippen molar-refractivity contribution in [2.45, 2.75) is 20.0 Å². The molecule has 0 radical (unpaired) electrons. The van der Waals surface area contributed by atoms with Gasteiger partial charge in [0.15, 0.2) is 6.10 Å². The molecule has 4 rings (SSSR count). The Bertz CT molecular complexity index is 1280. The fourth-order valence-electron chi connectivity index (χ4n) is 3.52. The lowest BCUT2D eigenvalue weighted by Gasteiger charge is -2.15. The summed E-state index contributed by atoms with van der Waals surface area (Å²) in [5.74, 6) is 0.0569. The van der Waals surface area contributed by atoms with Gasteiger partial charge in [0, 0.05) is 16.9 Å². The van der Waals surface area contributed by atoms with Gasteiger partial charge < -0.3 is 15.4 Å². The maximum absolute atomic E-state index is 12.7. The first-order chi connectivity index (χ1) is 16.5. The first kappa shape index (κ1) is 22.8. The topological polar surface area (TPSA) is 67.4 Å². The minimum Gasteiger partial charge on any atom is -0.481 e. The summed E-state index contributed by atoms with van der Waals surface area (Å²) in [5.41, 5.74) is 4.94. The highest BCUT2D eigenvalue weighted by molar-refractivity contribution is 6.05. The minimum atomic E-state index is -0.715. The van der Waals surface area contributed by atoms with E-state index in [9.17, 15) is 9.59 Å². The molecule has 0 spiro atoms. The molecule has 0 aliphatic heterocycles. The number of hydrogen-bond donors (Lipinski definition) is 2. The highest BCUT2D eigenvalue weighted by atomic mass is 16.5. The van der Waals surface area contributed by atoms with Crippen LogP contribution in [0.4, 0.5) is 11.4 Å². The van der Waals surface area contributed by atoms with Crippen LogP contribution in [-0.4, -0.2) is 17.9 Å². The molecule has 5 nitrogen and oxygen atoms in total. The average molecular weight is 451 g/mol. The Morgan fingerprint density at radius 2 is 1.35 bits per heavy atom. The largest absolute Gasteiger partial charge is 0.481 e. The second-order valence-corrected chi connectivity index (χ2v) is 8.04. The number of aryl methyl sites for hydroxylation is 1. The van der Waals surface area contributed by atoms with Crippen molar-refractivity contribution >= 4 is 23.2 Å². The summed E-state index contributed by atoms with van der Waals surface area (Å²) < 4.78 is 5.82. The molecule has 0 aliphatic carbocycles. The van der Waals surface area contributed by atoms with Gasteiger partial charge in [-0.15, -0.1) is 0 Å². The van der Waals surface area contributed by atoms with Crippen LogP contribution in [0.15, 0.2) is 103 Å². The van der Waals surface area contributed by atoms with Crippen LogP contribution in [0.1, 0.15) is 22.8 Å². The summed E-state index contributed by atoms with van der Waals surface area (Å²) in [7, 11) is 0. The molecule has 1 unspecified atom stereocenters. The number of benzene rings is 4. The molecule has 0 heterocycles. The van der Waals surface area contributed by atoms with Crippen molar-refractivity contribution in [3.8, 4) is 16.9 Å². The van der Waals surface area contributed by atoms with E-state index in [1.165, 1.54) is 0 Å². The molecule has 4 aromatic carbocycles. The Morgan fingerprint density at radius 1 is 0.706 bits per heavy atom. The molecule has 170 valence electrons. The van der Waals surface area contributed by atoms with Crippen molar-refractivity contribution in [2.75, 3.05) is 10.6 Å². The third-order valence-corrected chi connectivity index (χ3v) is 5.31. The minimum absolute atomic E-state index is 0.246. The molecule has 5 heteroatoms. The molecule has 2 amide bonds. The number of carbonyl (C=O) groups excluding carboxylic acids is 2. The lowest BCUT2D eigenvalue weighted by Crippen LogP contribution is -2.30. The number of nitrogens with one attached hydrogen (secondary N) is 2. The molecule has 34 heavy (non-hydrogen) atoms. The highest BCUT2D eigenvalue weighted by Gasteiger charge is 2.16. The molecule has 0 saturated carbocycles. The van der Waals surface area contributed by atoms with E-state index in [4.69, 9.17) is 4.74 Å². The maximum Gasteiger partial charge on any atom is 0.265 e. The van der Waals surface area contributed by atoms with E-state index in [2.05, 4.69) is 10.6 Å². The predicted molar refractivity (Wildman–Crippen MR) is 136 cm³/mol. The van der Waals surface area contributed by atoms with Crippen molar-refractivity contribution in [3.05, 3.63) is 114 Å². The Labute approximate surface area is 199 Å². The standard InChI is InChI=1S/C29H26N2O3/c1-20-8-6-12-25(18-20)31-29(33)24-11-7-13-26(19-24)30-28(32)21(2)34-27-16-14-23(15-17-27)22-9-4-3-5-10-22/h3-19,21H,1-2H3,(H,30,32)(H,31,33). The van der Waals surface area contributed by atoms with Crippen molar-refractivity contribution in [1.29, 1.82) is 0 Å². The zero-order valence-electron chi connectivity index (χ0n) is 19.1. The van der Waals surface area contributed by atoms with Gasteiger partial charge in [0.2, 0.25) is 0 Å². The van der Waals surface area contributed by atoms with E-state index < -0.39 is 6.10 Å². The first-order valence-electron chi connectivity index (χ1n) is 11.1. The summed E-state index contributed by atoms with van der Waals surface area (Å²) >= 11 is 0. The van der Waals surface area contributed by atoms with Gasteiger partial charge in [-0.1, -0.05) is 60.7 Å². The quantitative estimate of drug-likeness (QED) is 0.346. The first-order valence-corrected chi connectivity index (χ1v) is 11.1. The van der Waals surface area contributed by atoms with Gasteiger partial charge in [0.05, 0.1) is 0 Å². The van der Waals surface area contributed by atoms with Crippen molar-refractivity contribution in [3.63, 3.8) is 0 Å². The lowest BCUT2D eigenvalue weighted by atomic mass is 10.1. The van der Waals surface area contributed by atoms with Crippen molar-refractivity contribution < 1.29 is 14.3 Å². The van der Waals surface area contributed by atoms with Crippen LogP contribution >= 0.6 is 0 Å². The van der Waals surface area contributed by atoms with Gasteiger partial charge in [-0.05, 0) is 73.0 Å². The molecular formula is C29H26N2O3. The number of ether oxygens (including phenoxy) is 1. The zero-order valence-corrected chi connectivity index (χ0v) is 19.1. The van der Waals surface area contributed by atoms with Gasteiger partial charge >= 0.3 is 0 Å². The van der Waals surface area contributed by atoms with Gasteiger partial charge in [0.1, 0.15) is 5.75 Å². The summed E-state index contributed by atoms with van der Waals surface area (Å²) in [6, 6.07) is 32.1. The molecule has 0 bridgehead atoms. The monoisotopic (exact) mass is 450 g/mol. The van der Waals surface area contributed by atoms with E-state index in [0.29, 0.717) is 17.0 Å². The molecular weight excluding hydrogens is 424 g/mol. The van der Waals surface area contributed by atoms with Crippen LogP contribution in [-0.2, 0) is 4.79 Å². The molecule has 2 N–H and O–H groups in total. The van der Waals surface area contributed by atoms with Crippen LogP contribution in [0.5, 0.6) is 5.75 Å². The van der Waals surface area contributed by atoms with E-state index >= 15 is 0 Å². The Balaban J connectivity index is 1.36. The van der Waals surface area contributed by atoms with Gasteiger partial charge in [-0.2, -0.15) is 0 Å². The molecule has 0 aliphatic rings. The van der Waals surface area contributed by atoms with Crippen molar-refractivity contribution in [2.24, 2.45) is 0 Å². The average Bonchev–Trinajstić information content (AvgIpc) is 2.85. The van der Waals surface area contributed by atoms with Crippen molar-refractivity contribution in [1.82, 2.24) is 0 Å². The van der Waals surface area contributed by atoms with E-state index in [0.717, 1.165) is 22.4 Å². The summed E-state index contributed by atoms with van der Waals surface area (Å²) in [6.45, 7) is 3.65. The Kier molecular flexibility index (Phi) is 7.04. The summed E-state index contributed by atoms with van der Waals surface area (Å²) in [6.07, 6.45) is -0.715. The van der Waals surface area contributed by atoms with Crippen LogP contribution in [0.3, 0.4) is 0 Å². The third-order valence-electron chi connectivity index (χ3n) is 5.31. The fraction of sp³-hybridized carbons (Fsp3) is 0.103. The molecule has 0 saturated heterocycles. The normalized spacial score (nSPS) is 11.4. The third kappa shape index (κ3) is 5.90. The van der Waals surface area contributed by atoms with Crippen LogP contribution < -0.4 is 15.4 Å². The number of amides is 2. The van der Waals surface area contributed by atoms with Crippen LogP contribution in [0, 0.1) is 6.92 Å². The second-order valence-electron chi connectivity index (χ2n) is 8.04. The number of anilines is 2. The Morgan fingerprint density at radius 3 is 2.06 bits per heavy atom. The number of carbonyl (C=O) groups is 2. The van der Waals surface area contributed by atoms with E-state index in [1.54, 1.807) is 31.2 Å². The molecule has 0 aromatic heterocycles. The second kappa shape index (κ2) is 10.5. The predicted octanol–water partition coefficient (Wildman–Crippen LogP) is 6.32. The summed E-state index contributed by atoms with van der Waals surface area (Å²) in [5, 5.41) is 5.70. The lowest BCUT2D eigenvalue weighted by molar-refractivity contribution is -0.122. The fourth-order valence-corrected chi connectivity index (χ4v) is 3.52. The maximum atomic E-state index is 12.7. The number of rotatable bonds is 7. The van der Waals surface area contributed by atoms with E-state index in [1.807, 2.05) is 85.8 Å². The molecule has 4 aromatic rings. The highest BCUT2D eigenvalue weighted by Crippen LogP contribution is 2.23. The zero-order chi connectivity index (χ0) is 23.9. The smallest absolute Gasteiger partial charge is 0.265 e. The van der Waals surface area contributed by atoms with Gasteiger partial charge in [-0.3, -0.25) is 9.59 Å². The Hall–Kier alpha value is -4.38. The summed E-state index contributed by atoms with van der Waals surface area (Å²) in [4.78, 5) is 25.3. The molecule has 0 fully saturated rings.